The number of carbonyl (C=O) groups is 2. The number of thiophene rings is 1. The highest BCUT2D eigenvalue weighted by Gasteiger charge is 2.48. The van der Waals surface area contributed by atoms with Crippen molar-refractivity contribution in [2.75, 3.05) is 0 Å². The number of carboxylic acids is 1. The molecule has 1 saturated carbocycles. The highest BCUT2D eigenvalue weighted by atomic mass is 35.5. The van der Waals surface area contributed by atoms with Crippen molar-refractivity contribution in [3.8, 4) is 0 Å². The molecule has 2 atom stereocenters. The minimum atomic E-state index is -0.890. The first-order valence-electron chi connectivity index (χ1n) is 4.82. The van der Waals surface area contributed by atoms with Gasteiger partial charge in [0.05, 0.1) is 22.7 Å². The predicted molar refractivity (Wildman–Crippen MR) is 60.4 cm³/mol. The third kappa shape index (κ3) is 2.54. The molecule has 1 aliphatic carbocycles. The van der Waals surface area contributed by atoms with Gasteiger partial charge in [-0.2, -0.15) is 0 Å². The van der Waals surface area contributed by atoms with Crippen LogP contribution in [0.3, 0.4) is 0 Å². The van der Waals surface area contributed by atoms with Crippen LogP contribution in [0.4, 0.5) is 0 Å². The first kappa shape index (κ1) is 11.4. The molecule has 0 spiro atoms. The molecule has 0 saturated heterocycles. The molecule has 86 valence electrons. The molecular formula is C10H10ClNO3S. The molecule has 0 aromatic carbocycles. The van der Waals surface area contributed by atoms with E-state index in [-0.39, 0.29) is 11.8 Å². The maximum atomic E-state index is 11.5. The number of aliphatic carboxylic acids is 1. The van der Waals surface area contributed by atoms with Crippen molar-refractivity contribution >= 4 is 34.8 Å². The van der Waals surface area contributed by atoms with E-state index in [1.807, 2.05) is 6.07 Å². The molecule has 6 heteroatoms. The Kier molecular flexibility index (Phi) is 3.16. The number of carbonyl (C=O) groups excluding carboxylic acids is 1. The Balaban J connectivity index is 1.79. The molecule has 4 nitrogen and oxygen atoms in total. The highest BCUT2D eigenvalue weighted by molar-refractivity contribution is 7.16. The van der Waals surface area contributed by atoms with E-state index in [4.69, 9.17) is 16.7 Å². The molecule has 1 fully saturated rings. The summed E-state index contributed by atoms with van der Waals surface area (Å²) in [6, 6.07) is 3.61. The molecule has 1 heterocycles. The molecule has 1 amide bonds. The lowest BCUT2D eigenvalue weighted by molar-refractivity contribution is -0.140. The monoisotopic (exact) mass is 259 g/mol. The second-order valence-corrected chi connectivity index (χ2v) is 5.51. The predicted octanol–water partition coefficient (Wildman–Crippen LogP) is 1.74. The zero-order chi connectivity index (χ0) is 11.7. The van der Waals surface area contributed by atoms with Crippen molar-refractivity contribution in [3.63, 3.8) is 0 Å². The van der Waals surface area contributed by atoms with E-state index in [0.29, 0.717) is 17.3 Å². The standard InChI is InChI=1S/C10H10ClNO3S/c11-8-2-1-5(16-8)4-12-9(13)6-3-7(6)10(14)15/h1-2,6-7H,3-4H2,(H,12,13)(H,14,15)/t6-,7+/m1/s1. The Morgan fingerprint density at radius 1 is 1.50 bits per heavy atom. The highest BCUT2D eigenvalue weighted by Crippen LogP contribution is 2.38. The fraction of sp³-hybridized carbons (Fsp3) is 0.400. The SMILES string of the molecule is O=C(O)[C@H]1C[C@H]1C(=O)NCc1ccc(Cl)s1. The van der Waals surface area contributed by atoms with Gasteiger partial charge in [0.2, 0.25) is 5.91 Å². The van der Waals surface area contributed by atoms with Gasteiger partial charge in [-0.15, -0.1) is 11.3 Å². The molecule has 2 N–H and O–H groups in total. The molecule has 0 radical (unpaired) electrons. The van der Waals surface area contributed by atoms with Crippen LogP contribution in [0.15, 0.2) is 12.1 Å². The van der Waals surface area contributed by atoms with Crippen LogP contribution in [0.1, 0.15) is 11.3 Å². The van der Waals surface area contributed by atoms with Gasteiger partial charge in [-0.3, -0.25) is 9.59 Å². The van der Waals surface area contributed by atoms with E-state index in [0.717, 1.165) is 4.88 Å². The number of nitrogens with one attached hydrogen (secondary N) is 1. The summed E-state index contributed by atoms with van der Waals surface area (Å²) in [7, 11) is 0. The van der Waals surface area contributed by atoms with Crippen LogP contribution in [0, 0.1) is 11.8 Å². The van der Waals surface area contributed by atoms with Gasteiger partial charge in [-0.05, 0) is 18.6 Å². The first-order chi connectivity index (χ1) is 7.58. The minimum Gasteiger partial charge on any atom is -0.481 e. The zero-order valence-electron chi connectivity index (χ0n) is 8.27. The second kappa shape index (κ2) is 4.43. The zero-order valence-corrected chi connectivity index (χ0v) is 9.85. The van der Waals surface area contributed by atoms with Gasteiger partial charge in [-0.1, -0.05) is 11.6 Å². The smallest absolute Gasteiger partial charge is 0.307 e. The first-order valence-corrected chi connectivity index (χ1v) is 6.02. The Morgan fingerprint density at radius 3 is 2.75 bits per heavy atom. The third-order valence-electron chi connectivity index (χ3n) is 2.51. The van der Waals surface area contributed by atoms with Crippen LogP contribution >= 0.6 is 22.9 Å². The maximum absolute atomic E-state index is 11.5. The van der Waals surface area contributed by atoms with E-state index < -0.39 is 11.9 Å². The van der Waals surface area contributed by atoms with Crippen molar-refractivity contribution in [2.24, 2.45) is 11.8 Å². The summed E-state index contributed by atoms with van der Waals surface area (Å²) >= 11 is 7.15. The van der Waals surface area contributed by atoms with Gasteiger partial charge in [0.25, 0.3) is 0 Å². The van der Waals surface area contributed by atoms with Crippen molar-refractivity contribution in [2.45, 2.75) is 13.0 Å². The number of hydrogen-bond acceptors (Lipinski definition) is 3. The van der Waals surface area contributed by atoms with Crippen LogP contribution in [-0.4, -0.2) is 17.0 Å². The van der Waals surface area contributed by atoms with Crippen molar-refractivity contribution in [1.82, 2.24) is 5.32 Å². The van der Waals surface area contributed by atoms with Crippen LogP contribution in [-0.2, 0) is 16.1 Å². The van der Waals surface area contributed by atoms with E-state index in [1.165, 1.54) is 11.3 Å². The lowest BCUT2D eigenvalue weighted by Gasteiger charge is -2.01. The van der Waals surface area contributed by atoms with Gasteiger partial charge >= 0.3 is 5.97 Å². The Bertz CT molecular complexity index is 431. The molecule has 0 bridgehead atoms. The lowest BCUT2D eigenvalue weighted by Crippen LogP contribution is -2.25. The quantitative estimate of drug-likeness (QED) is 0.866. The van der Waals surface area contributed by atoms with E-state index in [2.05, 4.69) is 5.32 Å². The lowest BCUT2D eigenvalue weighted by atomic mass is 10.3. The van der Waals surface area contributed by atoms with Gasteiger partial charge in [0.1, 0.15) is 0 Å². The summed E-state index contributed by atoms with van der Waals surface area (Å²) in [5.74, 6) is -1.92. The molecule has 1 aromatic heterocycles. The van der Waals surface area contributed by atoms with E-state index in [1.54, 1.807) is 6.07 Å². The summed E-state index contributed by atoms with van der Waals surface area (Å²) in [5.41, 5.74) is 0. The van der Waals surface area contributed by atoms with Gasteiger partial charge < -0.3 is 10.4 Å². The van der Waals surface area contributed by atoms with Gasteiger partial charge in [0, 0.05) is 4.88 Å². The Labute approximate surface area is 101 Å². The van der Waals surface area contributed by atoms with Crippen LogP contribution in [0.5, 0.6) is 0 Å². The second-order valence-electron chi connectivity index (χ2n) is 3.71. The Morgan fingerprint density at radius 2 is 2.25 bits per heavy atom. The van der Waals surface area contributed by atoms with Crippen molar-refractivity contribution in [3.05, 3.63) is 21.3 Å². The molecule has 1 aliphatic rings. The average molecular weight is 260 g/mol. The number of halogens is 1. The molecule has 16 heavy (non-hydrogen) atoms. The number of carboxylic acid groups (broad SMARTS) is 1. The Hall–Kier alpha value is -1.07. The number of rotatable bonds is 4. The summed E-state index contributed by atoms with van der Waals surface area (Å²) < 4.78 is 0.680. The molecule has 2 rings (SSSR count). The van der Waals surface area contributed by atoms with Crippen molar-refractivity contribution in [1.29, 1.82) is 0 Å². The van der Waals surface area contributed by atoms with Gasteiger partial charge in [-0.25, -0.2) is 0 Å². The molecular weight excluding hydrogens is 250 g/mol. The fourth-order valence-corrected chi connectivity index (χ4v) is 2.54. The number of hydrogen-bond donors (Lipinski definition) is 2. The third-order valence-corrected chi connectivity index (χ3v) is 3.74. The molecule has 0 aliphatic heterocycles. The summed E-state index contributed by atoms with van der Waals surface area (Å²) in [5, 5.41) is 11.4. The summed E-state index contributed by atoms with van der Waals surface area (Å²) in [6.07, 6.45) is 0.451. The normalized spacial score (nSPS) is 22.8. The van der Waals surface area contributed by atoms with Gasteiger partial charge in [0.15, 0.2) is 0 Å². The van der Waals surface area contributed by atoms with Crippen LogP contribution < -0.4 is 5.32 Å². The maximum Gasteiger partial charge on any atom is 0.307 e. The summed E-state index contributed by atoms with van der Waals surface area (Å²) in [4.78, 5) is 23.0. The average Bonchev–Trinajstić information content (AvgIpc) is 2.93. The minimum absolute atomic E-state index is 0.183. The van der Waals surface area contributed by atoms with Crippen LogP contribution in [0.25, 0.3) is 0 Å². The van der Waals surface area contributed by atoms with E-state index in [9.17, 15) is 9.59 Å². The largest absolute Gasteiger partial charge is 0.481 e. The van der Waals surface area contributed by atoms with Crippen LogP contribution in [0.2, 0.25) is 4.34 Å². The summed E-state index contributed by atoms with van der Waals surface area (Å²) in [6.45, 7) is 0.416. The van der Waals surface area contributed by atoms with Crippen molar-refractivity contribution < 1.29 is 14.7 Å². The number of amides is 1. The fourth-order valence-electron chi connectivity index (χ4n) is 1.51. The molecule has 1 aromatic rings. The molecule has 0 unspecified atom stereocenters. The topological polar surface area (TPSA) is 66.4 Å². The van der Waals surface area contributed by atoms with E-state index >= 15 is 0 Å².